The summed E-state index contributed by atoms with van der Waals surface area (Å²) in [7, 11) is 0. The highest BCUT2D eigenvalue weighted by Gasteiger charge is 2.38. The standard InChI is InChI=1S/C18H26N2O6/c1-17(2,19-13(21)4-6-15(23)24)12-8-10-18(3,11-9-12)20-14(22)5-7-16(25)26/h4-7,12H,8-11H2,1-3H3,(H,19,21)(H,20,22)(H,23,24)(H,25,26). The summed E-state index contributed by atoms with van der Waals surface area (Å²) in [6.07, 6.45) is 6.48. The maximum absolute atomic E-state index is 11.8. The molecule has 0 bridgehead atoms. The van der Waals surface area contributed by atoms with Gasteiger partial charge in [-0.2, -0.15) is 0 Å². The summed E-state index contributed by atoms with van der Waals surface area (Å²) in [6, 6.07) is 0. The van der Waals surface area contributed by atoms with Crippen molar-refractivity contribution in [3.05, 3.63) is 24.3 Å². The Morgan fingerprint density at radius 3 is 1.85 bits per heavy atom. The molecule has 0 aromatic carbocycles. The predicted octanol–water partition coefficient (Wildman–Crippen LogP) is 1.23. The van der Waals surface area contributed by atoms with E-state index in [1.54, 1.807) is 0 Å². The van der Waals surface area contributed by atoms with Crippen molar-refractivity contribution in [2.75, 3.05) is 0 Å². The van der Waals surface area contributed by atoms with Gasteiger partial charge in [-0.15, -0.1) is 0 Å². The zero-order valence-corrected chi connectivity index (χ0v) is 15.2. The smallest absolute Gasteiger partial charge is 0.328 e. The molecule has 26 heavy (non-hydrogen) atoms. The van der Waals surface area contributed by atoms with Crippen LogP contribution in [0.1, 0.15) is 46.5 Å². The molecule has 1 saturated carbocycles. The minimum absolute atomic E-state index is 0.171. The second kappa shape index (κ2) is 8.64. The summed E-state index contributed by atoms with van der Waals surface area (Å²) in [6.45, 7) is 5.69. The van der Waals surface area contributed by atoms with Gasteiger partial charge in [0, 0.05) is 35.4 Å². The van der Waals surface area contributed by atoms with Crippen molar-refractivity contribution in [3.8, 4) is 0 Å². The maximum Gasteiger partial charge on any atom is 0.328 e. The molecule has 0 radical (unpaired) electrons. The van der Waals surface area contributed by atoms with Crippen LogP contribution in [0.15, 0.2) is 24.3 Å². The summed E-state index contributed by atoms with van der Waals surface area (Å²) < 4.78 is 0. The molecular formula is C18H26N2O6. The highest BCUT2D eigenvalue weighted by Crippen LogP contribution is 2.37. The molecule has 1 rings (SSSR count). The SMILES string of the molecule is CC1(NC(=O)C=CC(=O)O)CCC(C(C)(C)NC(=O)C=CC(=O)O)CC1. The number of aliphatic carboxylic acids is 2. The van der Waals surface area contributed by atoms with Crippen molar-refractivity contribution in [2.45, 2.75) is 57.5 Å². The van der Waals surface area contributed by atoms with Crippen LogP contribution in [0.2, 0.25) is 0 Å². The van der Waals surface area contributed by atoms with Gasteiger partial charge in [-0.3, -0.25) is 9.59 Å². The number of rotatable bonds is 7. The number of hydrogen-bond acceptors (Lipinski definition) is 4. The lowest BCUT2D eigenvalue weighted by Gasteiger charge is -2.44. The Kier molecular flexibility index (Phi) is 7.11. The minimum Gasteiger partial charge on any atom is -0.478 e. The Morgan fingerprint density at radius 1 is 0.923 bits per heavy atom. The van der Waals surface area contributed by atoms with Crippen LogP contribution >= 0.6 is 0 Å². The first-order valence-electron chi connectivity index (χ1n) is 8.40. The minimum atomic E-state index is -1.18. The van der Waals surface area contributed by atoms with E-state index < -0.39 is 34.8 Å². The zero-order chi connectivity index (χ0) is 20.0. The van der Waals surface area contributed by atoms with Crippen molar-refractivity contribution in [1.29, 1.82) is 0 Å². The third-order valence-corrected chi connectivity index (χ3v) is 4.73. The van der Waals surface area contributed by atoms with E-state index >= 15 is 0 Å². The van der Waals surface area contributed by atoms with Gasteiger partial charge in [0.05, 0.1) is 0 Å². The van der Waals surface area contributed by atoms with E-state index in [1.807, 2.05) is 20.8 Å². The van der Waals surface area contributed by atoms with Crippen molar-refractivity contribution < 1.29 is 29.4 Å². The summed E-state index contributed by atoms with van der Waals surface area (Å²) in [5, 5.41) is 22.8. The van der Waals surface area contributed by atoms with Crippen LogP contribution in [-0.4, -0.2) is 45.0 Å². The molecule has 2 amide bonds. The molecule has 0 saturated heterocycles. The van der Waals surface area contributed by atoms with E-state index in [1.165, 1.54) is 0 Å². The molecule has 0 aliphatic heterocycles. The van der Waals surface area contributed by atoms with Gasteiger partial charge in [-0.1, -0.05) is 0 Å². The summed E-state index contributed by atoms with van der Waals surface area (Å²) in [5.41, 5.74) is -0.950. The number of amides is 2. The van der Waals surface area contributed by atoms with Gasteiger partial charge in [0.15, 0.2) is 0 Å². The lowest BCUT2D eigenvalue weighted by atomic mass is 9.70. The molecule has 1 aliphatic rings. The van der Waals surface area contributed by atoms with Crippen molar-refractivity contribution in [1.82, 2.24) is 10.6 Å². The van der Waals surface area contributed by atoms with E-state index in [9.17, 15) is 19.2 Å². The molecule has 1 aliphatic carbocycles. The molecule has 8 nitrogen and oxygen atoms in total. The molecule has 0 aromatic heterocycles. The molecule has 8 heteroatoms. The third-order valence-electron chi connectivity index (χ3n) is 4.73. The topological polar surface area (TPSA) is 133 Å². The second-order valence-corrected chi connectivity index (χ2v) is 7.38. The first-order valence-corrected chi connectivity index (χ1v) is 8.40. The van der Waals surface area contributed by atoms with Crippen LogP contribution in [0.3, 0.4) is 0 Å². The average molecular weight is 366 g/mol. The second-order valence-electron chi connectivity index (χ2n) is 7.38. The van der Waals surface area contributed by atoms with Crippen LogP contribution in [0.4, 0.5) is 0 Å². The third kappa shape index (κ3) is 7.08. The molecule has 0 heterocycles. The van der Waals surface area contributed by atoms with E-state index in [0.29, 0.717) is 12.8 Å². The van der Waals surface area contributed by atoms with Crippen molar-refractivity contribution in [2.24, 2.45) is 5.92 Å². The van der Waals surface area contributed by atoms with Crippen molar-refractivity contribution in [3.63, 3.8) is 0 Å². The first-order chi connectivity index (χ1) is 11.9. The van der Waals surface area contributed by atoms with Crippen LogP contribution < -0.4 is 10.6 Å². The van der Waals surface area contributed by atoms with Crippen molar-refractivity contribution >= 4 is 23.8 Å². The highest BCUT2D eigenvalue weighted by atomic mass is 16.4. The Balaban J connectivity index is 2.60. The summed E-state index contributed by atoms with van der Waals surface area (Å²) >= 11 is 0. The first kappa shape index (κ1) is 21.4. The molecule has 4 N–H and O–H groups in total. The Morgan fingerprint density at radius 2 is 1.38 bits per heavy atom. The van der Waals surface area contributed by atoms with Gasteiger partial charge in [-0.25, -0.2) is 9.59 Å². The van der Waals surface area contributed by atoms with E-state index in [-0.39, 0.29) is 5.92 Å². The van der Waals surface area contributed by atoms with E-state index in [0.717, 1.165) is 37.1 Å². The summed E-state index contributed by atoms with van der Waals surface area (Å²) in [4.78, 5) is 44.6. The highest BCUT2D eigenvalue weighted by molar-refractivity contribution is 5.94. The van der Waals surface area contributed by atoms with E-state index in [2.05, 4.69) is 10.6 Å². The molecule has 1 fully saturated rings. The van der Waals surface area contributed by atoms with Gasteiger partial charge in [0.25, 0.3) is 0 Å². The molecule has 0 unspecified atom stereocenters. The van der Waals surface area contributed by atoms with Crippen LogP contribution in [0.25, 0.3) is 0 Å². The van der Waals surface area contributed by atoms with Crippen LogP contribution in [-0.2, 0) is 19.2 Å². The number of nitrogens with one attached hydrogen (secondary N) is 2. The quantitative estimate of drug-likeness (QED) is 0.501. The Labute approximate surface area is 152 Å². The fourth-order valence-electron chi connectivity index (χ4n) is 3.20. The maximum atomic E-state index is 11.8. The van der Waals surface area contributed by atoms with Crippen LogP contribution in [0.5, 0.6) is 0 Å². The zero-order valence-electron chi connectivity index (χ0n) is 15.2. The molecule has 0 spiro atoms. The number of carbonyl (C=O) groups excluding carboxylic acids is 2. The monoisotopic (exact) mass is 366 g/mol. The summed E-state index contributed by atoms with van der Waals surface area (Å²) in [5.74, 6) is -3.09. The number of carboxylic acids is 2. The molecule has 0 atom stereocenters. The van der Waals surface area contributed by atoms with Crippen LogP contribution in [0, 0.1) is 5.92 Å². The molecule has 0 aromatic rings. The Hall–Kier alpha value is -2.64. The van der Waals surface area contributed by atoms with Gasteiger partial charge in [0.2, 0.25) is 11.8 Å². The molecular weight excluding hydrogens is 340 g/mol. The fourth-order valence-corrected chi connectivity index (χ4v) is 3.20. The average Bonchev–Trinajstić information content (AvgIpc) is 2.50. The van der Waals surface area contributed by atoms with Gasteiger partial charge >= 0.3 is 11.9 Å². The Bertz CT molecular complexity index is 628. The van der Waals surface area contributed by atoms with Gasteiger partial charge in [-0.05, 0) is 52.4 Å². The fraction of sp³-hybridized carbons (Fsp3) is 0.556. The largest absolute Gasteiger partial charge is 0.478 e. The van der Waals surface area contributed by atoms with E-state index in [4.69, 9.17) is 10.2 Å². The van der Waals surface area contributed by atoms with Gasteiger partial charge < -0.3 is 20.8 Å². The number of hydrogen-bond donors (Lipinski definition) is 4. The van der Waals surface area contributed by atoms with Gasteiger partial charge in [0.1, 0.15) is 0 Å². The lowest BCUT2D eigenvalue weighted by Crippen LogP contribution is -2.54. The lowest BCUT2D eigenvalue weighted by molar-refractivity contribution is -0.132. The number of carboxylic acid groups (broad SMARTS) is 2. The molecule has 144 valence electrons. The normalized spacial score (nSPS) is 23.7. The number of carbonyl (C=O) groups is 4. The predicted molar refractivity (Wildman–Crippen MR) is 94.3 cm³/mol.